The molecule has 1 saturated heterocycles. The predicted molar refractivity (Wildman–Crippen MR) is 116 cm³/mol. The van der Waals surface area contributed by atoms with Gasteiger partial charge in [0.05, 0.1) is 11.4 Å². The third kappa shape index (κ3) is 7.03. The molecule has 2 heterocycles. The van der Waals surface area contributed by atoms with Crippen LogP contribution in [-0.2, 0) is 16.6 Å². The van der Waals surface area contributed by atoms with E-state index in [4.69, 9.17) is 0 Å². The van der Waals surface area contributed by atoms with Gasteiger partial charge in [0.1, 0.15) is 0 Å². The summed E-state index contributed by atoms with van der Waals surface area (Å²) >= 11 is 0. The van der Waals surface area contributed by atoms with Gasteiger partial charge < -0.3 is 10.6 Å². The maximum Gasteiger partial charge on any atom is 0.214 e. The molecule has 0 saturated carbocycles. The Balaban J connectivity index is 0.00000338. The molecule has 10 heteroatoms. The largest absolute Gasteiger partial charge is 0.357 e. The summed E-state index contributed by atoms with van der Waals surface area (Å²) in [6.45, 7) is 10.0. The zero-order valence-corrected chi connectivity index (χ0v) is 19.0. The van der Waals surface area contributed by atoms with Crippen LogP contribution in [0.15, 0.2) is 11.1 Å². The van der Waals surface area contributed by atoms with Crippen molar-refractivity contribution in [2.45, 2.75) is 40.2 Å². The van der Waals surface area contributed by atoms with Gasteiger partial charge in [0.25, 0.3) is 0 Å². The molecule has 1 aromatic heterocycles. The van der Waals surface area contributed by atoms with E-state index < -0.39 is 10.0 Å². The van der Waals surface area contributed by atoms with Crippen molar-refractivity contribution >= 4 is 40.0 Å². The molecule has 0 amide bonds. The van der Waals surface area contributed by atoms with Crippen molar-refractivity contribution in [1.82, 2.24) is 24.7 Å². The molecule has 1 aliphatic rings. The van der Waals surface area contributed by atoms with E-state index >= 15 is 0 Å². The molecule has 2 N–H and O–H groups in total. The summed E-state index contributed by atoms with van der Waals surface area (Å²) in [7, 11) is -3.03. The average Bonchev–Trinajstić information content (AvgIpc) is 3.04. The lowest BCUT2D eigenvalue weighted by molar-refractivity contribution is 0.445. The standard InChI is InChI=1S/C16H30N6O2S.HI/c1-4-17-16(19-8-11-21-9-6-12-25(21,23)24)18-7-5-10-22-15(3)13-14(2)20-22;/h13H,4-12H2,1-3H3,(H2,17,18,19);1H. The van der Waals surface area contributed by atoms with E-state index in [-0.39, 0.29) is 29.7 Å². The Hall–Kier alpha value is -0.880. The van der Waals surface area contributed by atoms with Crippen LogP contribution in [0.5, 0.6) is 0 Å². The summed E-state index contributed by atoms with van der Waals surface area (Å²) in [5.74, 6) is 1.00. The molecule has 0 radical (unpaired) electrons. The molecule has 8 nitrogen and oxygen atoms in total. The lowest BCUT2D eigenvalue weighted by atomic mass is 10.4. The quantitative estimate of drug-likeness (QED) is 0.243. The normalized spacial score (nSPS) is 17.1. The van der Waals surface area contributed by atoms with E-state index in [0.717, 1.165) is 37.6 Å². The van der Waals surface area contributed by atoms with Crippen molar-refractivity contribution < 1.29 is 8.42 Å². The number of aliphatic imine (C=N–C) groups is 1. The fourth-order valence-corrected chi connectivity index (χ4v) is 4.42. The first-order valence-corrected chi connectivity index (χ1v) is 10.5. The highest BCUT2D eigenvalue weighted by molar-refractivity contribution is 14.0. The number of hydrogen-bond acceptors (Lipinski definition) is 4. The van der Waals surface area contributed by atoms with Gasteiger partial charge in [-0.15, -0.1) is 24.0 Å². The van der Waals surface area contributed by atoms with Crippen LogP contribution in [0, 0.1) is 13.8 Å². The molecule has 0 bridgehead atoms. The van der Waals surface area contributed by atoms with Crippen LogP contribution in [-0.4, -0.2) is 66.9 Å². The summed E-state index contributed by atoms with van der Waals surface area (Å²) in [6.07, 6.45) is 1.63. The van der Waals surface area contributed by atoms with Gasteiger partial charge in [-0.25, -0.2) is 12.7 Å². The molecule has 150 valence electrons. The number of rotatable bonds is 8. The van der Waals surface area contributed by atoms with Crippen LogP contribution in [0.25, 0.3) is 0 Å². The fraction of sp³-hybridized carbons (Fsp3) is 0.750. The first-order valence-electron chi connectivity index (χ1n) is 8.93. The molecule has 1 aromatic rings. The molecule has 0 aromatic carbocycles. The summed E-state index contributed by atoms with van der Waals surface area (Å²) in [6, 6.07) is 2.07. The van der Waals surface area contributed by atoms with Crippen molar-refractivity contribution in [3.8, 4) is 0 Å². The van der Waals surface area contributed by atoms with E-state index in [1.54, 1.807) is 4.31 Å². The minimum absolute atomic E-state index is 0. The van der Waals surface area contributed by atoms with E-state index in [1.165, 1.54) is 5.69 Å². The predicted octanol–water partition coefficient (Wildman–Crippen LogP) is 1.10. The smallest absolute Gasteiger partial charge is 0.214 e. The molecule has 1 fully saturated rings. The van der Waals surface area contributed by atoms with Crippen LogP contribution < -0.4 is 10.6 Å². The van der Waals surface area contributed by atoms with E-state index in [2.05, 4.69) is 33.7 Å². The number of aromatic nitrogens is 2. The van der Waals surface area contributed by atoms with E-state index in [9.17, 15) is 8.42 Å². The molecule has 26 heavy (non-hydrogen) atoms. The number of nitrogens with one attached hydrogen (secondary N) is 2. The van der Waals surface area contributed by atoms with E-state index in [0.29, 0.717) is 26.2 Å². The van der Waals surface area contributed by atoms with Crippen molar-refractivity contribution in [1.29, 1.82) is 0 Å². The van der Waals surface area contributed by atoms with Gasteiger partial charge in [0.2, 0.25) is 10.0 Å². The van der Waals surface area contributed by atoms with Crippen LogP contribution in [0.1, 0.15) is 31.2 Å². The lowest BCUT2D eigenvalue weighted by Crippen LogP contribution is -2.42. The zero-order chi connectivity index (χ0) is 18.3. The first-order chi connectivity index (χ1) is 11.9. The summed E-state index contributed by atoms with van der Waals surface area (Å²) < 4.78 is 27.1. The maximum absolute atomic E-state index is 11.8. The van der Waals surface area contributed by atoms with Gasteiger partial charge >= 0.3 is 0 Å². The monoisotopic (exact) mass is 498 g/mol. The Morgan fingerprint density at radius 3 is 2.65 bits per heavy atom. The number of aryl methyl sites for hydroxylation is 3. The van der Waals surface area contributed by atoms with Gasteiger partial charge in [-0.3, -0.25) is 9.67 Å². The highest BCUT2D eigenvalue weighted by Crippen LogP contribution is 2.11. The molecule has 0 unspecified atom stereocenters. The second-order valence-electron chi connectivity index (χ2n) is 6.26. The Bertz CT molecular complexity index is 689. The molecular weight excluding hydrogens is 467 g/mol. The van der Waals surface area contributed by atoms with Gasteiger partial charge in [-0.05, 0) is 39.7 Å². The Kier molecular flexibility index (Phi) is 9.86. The van der Waals surface area contributed by atoms with E-state index in [1.807, 2.05) is 18.5 Å². The molecule has 1 aliphatic heterocycles. The Morgan fingerprint density at radius 1 is 1.31 bits per heavy atom. The lowest BCUT2D eigenvalue weighted by Gasteiger charge is -2.16. The van der Waals surface area contributed by atoms with Crippen molar-refractivity contribution in [2.24, 2.45) is 4.99 Å². The Morgan fingerprint density at radius 2 is 2.08 bits per heavy atom. The van der Waals surface area contributed by atoms with Crippen LogP contribution >= 0.6 is 24.0 Å². The summed E-state index contributed by atoms with van der Waals surface area (Å²) in [4.78, 5) is 4.55. The fourth-order valence-electron chi connectivity index (χ4n) is 2.90. The minimum Gasteiger partial charge on any atom is -0.357 e. The van der Waals surface area contributed by atoms with Gasteiger partial charge in [0, 0.05) is 45.0 Å². The second-order valence-corrected chi connectivity index (χ2v) is 8.35. The molecule has 0 spiro atoms. The maximum atomic E-state index is 11.8. The molecule has 0 aliphatic carbocycles. The van der Waals surface area contributed by atoms with Crippen LogP contribution in [0.2, 0.25) is 0 Å². The van der Waals surface area contributed by atoms with Crippen molar-refractivity contribution in [2.75, 3.05) is 38.5 Å². The zero-order valence-electron chi connectivity index (χ0n) is 15.9. The number of guanidine groups is 1. The summed E-state index contributed by atoms with van der Waals surface area (Å²) in [5.41, 5.74) is 2.20. The van der Waals surface area contributed by atoms with Crippen molar-refractivity contribution in [3.05, 3.63) is 17.5 Å². The highest BCUT2D eigenvalue weighted by atomic mass is 127. The molecule has 0 atom stereocenters. The van der Waals surface area contributed by atoms with Crippen LogP contribution in [0.3, 0.4) is 0 Å². The van der Waals surface area contributed by atoms with Gasteiger partial charge in [-0.2, -0.15) is 5.10 Å². The van der Waals surface area contributed by atoms with Crippen LogP contribution in [0.4, 0.5) is 0 Å². The average molecular weight is 498 g/mol. The molecular formula is C16H31IN6O2S. The first kappa shape index (κ1) is 23.2. The third-order valence-corrected chi connectivity index (χ3v) is 6.06. The number of halogens is 1. The Labute approximate surface area is 173 Å². The minimum atomic E-state index is -3.03. The summed E-state index contributed by atoms with van der Waals surface area (Å²) in [5, 5.41) is 10.8. The number of nitrogens with zero attached hydrogens (tertiary/aromatic N) is 4. The molecule has 2 rings (SSSR count). The third-order valence-electron chi connectivity index (χ3n) is 4.10. The number of sulfonamides is 1. The number of hydrogen-bond donors (Lipinski definition) is 2. The second kappa shape index (κ2) is 11.1. The highest BCUT2D eigenvalue weighted by Gasteiger charge is 2.27. The van der Waals surface area contributed by atoms with Crippen molar-refractivity contribution in [3.63, 3.8) is 0 Å². The van der Waals surface area contributed by atoms with Gasteiger partial charge in [0.15, 0.2) is 5.96 Å². The van der Waals surface area contributed by atoms with Gasteiger partial charge in [-0.1, -0.05) is 0 Å². The SMILES string of the molecule is CCNC(=NCCCn1nc(C)cc1C)NCCN1CCCS1(=O)=O.I. The topological polar surface area (TPSA) is 91.6 Å².